The number of carboxylic acid groups (broad SMARTS) is 1. The minimum Gasteiger partial charge on any atom is -0.478 e. The quantitative estimate of drug-likeness (QED) is 0.347. The number of amides is 1. The van der Waals surface area contributed by atoms with Crippen LogP contribution in [0.2, 0.25) is 0 Å². The fourth-order valence-electron chi connectivity index (χ4n) is 4.06. The molecule has 1 amide bonds. The Kier molecular flexibility index (Phi) is 6.95. The number of carboxylic acids is 1. The Morgan fingerprint density at radius 3 is 2.18 bits per heavy atom. The van der Waals surface area contributed by atoms with E-state index in [4.69, 9.17) is 14.2 Å². The Bertz CT molecular complexity index is 1200. The van der Waals surface area contributed by atoms with E-state index in [0.717, 1.165) is 33.6 Å². The first kappa shape index (κ1) is 23.5. The number of fused-ring (bicyclic) bond motifs is 3. The van der Waals surface area contributed by atoms with Crippen molar-refractivity contribution in [1.29, 1.82) is 0 Å². The van der Waals surface area contributed by atoms with Crippen LogP contribution in [0.25, 0.3) is 11.1 Å². The minimum absolute atomic E-state index is 0.0147. The van der Waals surface area contributed by atoms with Gasteiger partial charge in [0, 0.05) is 13.0 Å². The second-order valence-electron chi connectivity index (χ2n) is 7.64. The third kappa shape index (κ3) is 4.52. The molecule has 1 heterocycles. The number of hydrogen-bond donors (Lipinski definition) is 2. The molecule has 0 unspecified atom stereocenters. The molecule has 0 spiro atoms. The topological polar surface area (TPSA) is 111 Å². The van der Waals surface area contributed by atoms with Crippen LogP contribution < -0.4 is 5.32 Å². The summed E-state index contributed by atoms with van der Waals surface area (Å²) in [6.07, 6.45) is -0.801. The van der Waals surface area contributed by atoms with E-state index < -0.39 is 18.0 Å². The zero-order chi connectivity index (χ0) is 24.2. The summed E-state index contributed by atoms with van der Waals surface area (Å²) in [4.78, 5) is 36.9. The normalized spacial score (nSPS) is 12.1. The van der Waals surface area contributed by atoms with Crippen molar-refractivity contribution >= 4 is 34.4 Å². The summed E-state index contributed by atoms with van der Waals surface area (Å²) in [5.41, 5.74) is 4.38. The van der Waals surface area contributed by atoms with Crippen LogP contribution in [0.15, 0.2) is 48.5 Å². The molecule has 0 saturated carbocycles. The molecule has 1 aliphatic rings. The monoisotopic (exact) mass is 481 g/mol. The van der Waals surface area contributed by atoms with E-state index >= 15 is 0 Å². The maximum Gasteiger partial charge on any atom is 0.412 e. The number of nitrogens with one attached hydrogen (secondary N) is 1. The molecule has 2 aromatic carbocycles. The van der Waals surface area contributed by atoms with Crippen molar-refractivity contribution in [3.8, 4) is 11.1 Å². The minimum atomic E-state index is -1.27. The molecule has 0 aliphatic heterocycles. The van der Waals surface area contributed by atoms with Crippen molar-refractivity contribution in [1.82, 2.24) is 0 Å². The van der Waals surface area contributed by atoms with Crippen LogP contribution in [0.3, 0.4) is 0 Å². The molecule has 1 aliphatic carbocycles. The summed E-state index contributed by atoms with van der Waals surface area (Å²) >= 11 is 0.836. The summed E-state index contributed by atoms with van der Waals surface area (Å²) in [7, 11) is 1.48. The second kappa shape index (κ2) is 10.1. The zero-order valence-electron chi connectivity index (χ0n) is 18.6. The number of carbonyl (C=O) groups is 3. The van der Waals surface area contributed by atoms with Gasteiger partial charge in [-0.2, -0.15) is 0 Å². The highest BCUT2D eigenvalue weighted by Gasteiger charge is 2.30. The van der Waals surface area contributed by atoms with Gasteiger partial charge in [-0.25, -0.2) is 14.4 Å². The van der Waals surface area contributed by atoms with Crippen LogP contribution in [-0.2, 0) is 14.2 Å². The molecule has 8 nitrogen and oxygen atoms in total. The van der Waals surface area contributed by atoms with Crippen LogP contribution in [0, 0.1) is 6.92 Å². The van der Waals surface area contributed by atoms with Crippen molar-refractivity contribution in [3.05, 3.63) is 75.7 Å². The van der Waals surface area contributed by atoms with Crippen molar-refractivity contribution in [2.75, 3.05) is 32.2 Å². The molecule has 0 atom stereocenters. The third-order valence-corrected chi connectivity index (χ3v) is 6.81. The van der Waals surface area contributed by atoms with E-state index in [0.29, 0.717) is 0 Å². The maximum absolute atomic E-state index is 12.6. The highest BCUT2D eigenvalue weighted by Crippen LogP contribution is 2.44. The number of esters is 1. The van der Waals surface area contributed by atoms with Gasteiger partial charge in [0.2, 0.25) is 0 Å². The van der Waals surface area contributed by atoms with Gasteiger partial charge < -0.3 is 19.3 Å². The average molecular weight is 482 g/mol. The number of carbonyl (C=O) groups excluding carboxylic acids is 2. The molecule has 0 bridgehead atoms. The highest BCUT2D eigenvalue weighted by molar-refractivity contribution is 7.18. The van der Waals surface area contributed by atoms with E-state index in [9.17, 15) is 19.5 Å². The molecule has 1 aromatic heterocycles. The predicted octanol–water partition coefficient (Wildman–Crippen LogP) is 4.92. The molecular formula is C25H23NO7S. The van der Waals surface area contributed by atoms with Crippen molar-refractivity contribution < 1.29 is 33.7 Å². The molecule has 0 saturated heterocycles. The third-order valence-electron chi connectivity index (χ3n) is 5.63. The van der Waals surface area contributed by atoms with Crippen molar-refractivity contribution in [2.45, 2.75) is 12.8 Å². The van der Waals surface area contributed by atoms with Gasteiger partial charge >= 0.3 is 18.0 Å². The first-order valence-corrected chi connectivity index (χ1v) is 11.4. The standard InChI is InChI=1S/C25H23NO7S/c1-14-20(23(27)28)22(34-21(14)24(29)32-12-11-31-2)26-25(30)33-13-19-17-9-5-3-7-15(17)16-8-4-6-10-18(16)19/h3-10,19H,11-13H2,1-2H3,(H,26,30)(H,27,28). The van der Waals surface area contributed by atoms with Gasteiger partial charge in [0.15, 0.2) is 0 Å². The SMILES string of the molecule is COCCOC(=O)c1sc(NC(=O)OCC2c3ccccc3-c3ccccc32)c(C(=O)O)c1C. The number of ether oxygens (including phenoxy) is 3. The van der Waals surface area contributed by atoms with Crippen LogP contribution in [0.5, 0.6) is 0 Å². The number of rotatable bonds is 8. The molecule has 3 aromatic rings. The van der Waals surface area contributed by atoms with Crippen LogP contribution in [-0.4, -0.2) is 50.1 Å². The highest BCUT2D eigenvalue weighted by atomic mass is 32.1. The Balaban J connectivity index is 1.49. The lowest BCUT2D eigenvalue weighted by atomic mass is 9.98. The lowest BCUT2D eigenvalue weighted by Crippen LogP contribution is -2.18. The number of hydrogen-bond acceptors (Lipinski definition) is 7. The molecule has 0 radical (unpaired) electrons. The molecule has 9 heteroatoms. The Morgan fingerprint density at radius 1 is 0.971 bits per heavy atom. The fraction of sp³-hybridized carbons (Fsp3) is 0.240. The number of thiophene rings is 1. The first-order chi connectivity index (χ1) is 16.4. The van der Waals surface area contributed by atoms with E-state index in [2.05, 4.69) is 5.32 Å². The number of anilines is 1. The predicted molar refractivity (Wildman–Crippen MR) is 127 cm³/mol. The second-order valence-corrected chi connectivity index (χ2v) is 8.67. The lowest BCUT2D eigenvalue weighted by molar-refractivity contribution is 0.0392. The van der Waals surface area contributed by atoms with Gasteiger partial charge in [0.05, 0.1) is 12.2 Å². The molecular weight excluding hydrogens is 458 g/mol. The van der Waals surface area contributed by atoms with Crippen LogP contribution in [0.4, 0.5) is 9.80 Å². The smallest absolute Gasteiger partial charge is 0.412 e. The van der Waals surface area contributed by atoms with E-state index in [1.165, 1.54) is 14.0 Å². The van der Waals surface area contributed by atoms with Gasteiger partial charge in [-0.3, -0.25) is 5.32 Å². The Labute approximate surface area is 200 Å². The Morgan fingerprint density at radius 2 is 1.59 bits per heavy atom. The Hall–Kier alpha value is -3.69. The number of aromatic carboxylic acids is 1. The number of benzene rings is 2. The van der Waals surface area contributed by atoms with E-state index in [1.54, 1.807) is 0 Å². The van der Waals surface area contributed by atoms with Crippen LogP contribution in [0.1, 0.15) is 42.6 Å². The molecule has 2 N–H and O–H groups in total. The first-order valence-electron chi connectivity index (χ1n) is 10.6. The van der Waals surface area contributed by atoms with Gasteiger partial charge in [-0.1, -0.05) is 48.5 Å². The molecule has 0 fully saturated rings. The van der Waals surface area contributed by atoms with Crippen LogP contribution >= 0.6 is 11.3 Å². The summed E-state index contributed by atoms with van der Waals surface area (Å²) in [5, 5.41) is 12.1. The molecule has 34 heavy (non-hydrogen) atoms. The van der Waals surface area contributed by atoms with Crippen molar-refractivity contribution in [3.63, 3.8) is 0 Å². The average Bonchev–Trinajstić information content (AvgIpc) is 3.32. The molecule has 176 valence electrons. The van der Waals surface area contributed by atoms with Gasteiger partial charge in [-0.15, -0.1) is 11.3 Å². The fourth-order valence-corrected chi connectivity index (χ4v) is 5.14. The summed E-state index contributed by atoms with van der Waals surface area (Å²) in [6, 6.07) is 15.9. The van der Waals surface area contributed by atoms with E-state index in [-0.39, 0.29) is 46.7 Å². The molecule has 4 rings (SSSR count). The zero-order valence-corrected chi connectivity index (χ0v) is 19.4. The van der Waals surface area contributed by atoms with Gasteiger partial charge in [-0.05, 0) is 34.7 Å². The van der Waals surface area contributed by atoms with Gasteiger partial charge in [0.1, 0.15) is 23.1 Å². The largest absolute Gasteiger partial charge is 0.478 e. The van der Waals surface area contributed by atoms with Crippen molar-refractivity contribution in [2.24, 2.45) is 0 Å². The number of methoxy groups -OCH3 is 1. The summed E-state index contributed by atoms with van der Waals surface area (Å²) < 4.78 is 15.4. The maximum atomic E-state index is 12.6. The van der Waals surface area contributed by atoms with Gasteiger partial charge in [0.25, 0.3) is 0 Å². The summed E-state index contributed by atoms with van der Waals surface area (Å²) in [6.45, 7) is 1.82. The lowest BCUT2D eigenvalue weighted by Gasteiger charge is -2.14. The van der Waals surface area contributed by atoms with E-state index in [1.807, 2.05) is 48.5 Å². The summed E-state index contributed by atoms with van der Waals surface area (Å²) in [5.74, 6) is -2.07.